The molecule has 1 aliphatic heterocycles. The van der Waals surface area contributed by atoms with Crippen LogP contribution in [0.3, 0.4) is 0 Å². The lowest BCUT2D eigenvalue weighted by atomic mass is 10.2. The summed E-state index contributed by atoms with van der Waals surface area (Å²) in [6.07, 6.45) is 4.27. The first-order valence-corrected chi connectivity index (χ1v) is 7.36. The van der Waals surface area contributed by atoms with Gasteiger partial charge in [0.1, 0.15) is 5.69 Å². The molecule has 1 aromatic carbocycles. The molecular weight excluding hydrogens is 262 g/mol. The molecule has 1 saturated heterocycles. The molecule has 1 amide bonds. The van der Waals surface area contributed by atoms with E-state index in [-0.39, 0.29) is 5.91 Å². The second-order valence-electron chi connectivity index (χ2n) is 5.26. The number of pyridine rings is 1. The number of carbonyl (C=O) groups is 1. The van der Waals surface area contributed by atoms with Gasteiger partial charge in [-0.05, 0) is 30.5 Å². The second kappa shape index (κ2) is 6.39. The number of nitrogens with zero attached hydrogens (tertiary/aromatic N) is 2. The molecule has 2 heterocycles. The first kappa shape index (κ1) is 13.6. The standard InChI is InChI=1S/C17H19N3O/c21-17(19-12-14-6-2-1-3-7-14)16-9-8-15(13-18-16)20-10-4-5-11-20/h1-3,6-9,13H,4-5,10-12H2,(H,19,21). The van der Waals surface area contributed by atoms with Crippen LogP contribution in [0.1, 0.15) is 28.9 Å². The Morgan fingerprint density at radius 1 is 1.10 bits per heavy atom. The second-order valence-corrected chi connectivity index (χ2v) is 5.26. The van der Waals surface area contributed by atoms with Gasteiger partial charge in [-0.2, -0.15) is 0 Å². The Kier molecular flexibility index (Phi) is 4.15. The number of amides is 1. The predicted molar refractivity (Wildman–Crippen MR) is 83.3 cm³/mol. The lowest BCUT2D eigenvalue weighted by molar-refractivity contribution is 0.0946. The molecule has 0 bridgehead atoms. The molecule has 21 heavy (non-hydrogen) atoms. The number of hydrogen-bond acceptors (Lipinski definition) is 3. The molecule has 0 aliphatic carbocycles. The van der Waals surface area contributed by atoms with E-state index in [4.69, 9.17) is 0 Å². The van der Waals surface area contributed by atoms with Crippen molar-refractivity contribution in [3.63, 3.8) is 0 Å². The highest BCUT2D eigenvalue weighted by atomic mass is 16.1. The van der Waals surface area contributed by atoms with Crippen LogP contribution in [0.5, 0.6) is 0 Å². The fourth-order valence-electron chi connectivity index (χ4n) is 2.55. The van der Waals surface area contributed by atoms with Crippen LogP contribution in [0.15, 0.2) is 48.7 Å². The Labute approximate surface area is 124 Å². The number of aromatic nitrogens is 1. The van der Waals surface area contributed by atoms with Crippen molar-refractivity contribution in [1.82, 2.24) is 10.3 Å². The smallest absolute Gasteiger partial charge is 0.270 e. The van der Waals surface area contributed by atoms with Gasteiger partial charge in [-0.3, -0.25) is 4.79 Å². The fraction of sp³-hybridized carbons (Fsp3) is 0.294. The zero-order valence-electron chi connectivity index (χ0n) is 12.0. The van der Waals surface area contributed by atoms with E-state index in [0.717, 1.165) is 24.3 Å². The zero-order chi connectivity index (χ0) is 14.5. The molecule has 1 N–H and O–H groups in total. The molecule has 0 spiro atoms. The number of benzene rings is 1. The summed E-state index contributed by atoms with van der Waals surface area (Å²) in [5, 5.41) is 2.89. The summed E-state index contributed by atoms with van der Waals surface area (Å²) in [5.41, 5.74) is 2.65. The summed E-state index contributed by atoms with van der Waals surface area (Å²) in [6.45, 7) is 2.69. The van der Waals surface area contributed by atoms with E-state index in [9.17, 15) is 4.79 Å². The molecule has 0 saturated carbocycles. The maximum absolute atomic E-state index is 12.1. The van der Waals surface area contributed by atoms with E-state index >= 15 is 0 Å². The summed E-state index contributed by atoms with van der Waals surface area (Å²) in [6, 6.07) is 13.7. The first-order valence-electron chi connectivity index (χ1n) is 7.36. The van der Waals surface area contributed by atoms with Crippen molar-refractivity contribution in [3.8, 4) is 0 Å². The largest absolute Gasteiger partial charge is 0.370 e. The van der Waals surface area contributed by atoms with Crippen LogP contribution in [-0.2, 0) is 6.54 Å². The summed E-state index contributed by atoms with van der Waals surface area (Å²) in [4.78, 5) is 18.6. The molecule has 0 radical (unpaired) electrons. The third-order valence-corrected chi connectivity index (χ3v) is 3.75. The first-order chi connectivity index (χ1) is 10.3. The van der Waals surface area contributed by atoms with Crippen molar-refractivity contribution in [2.24, 2.45) is 0 Å². The topological polar surface area (TPSA) is 45.2 Å². The lowest BCUT2D eigenvalue weighted by Crippen LogP contribution is -2.24. The maximum atomic E-state index is 12.1. The molecule has 3 rings (SSSR count). The van der Waals surface area contributed by atoms with E-state index in [1.165, 1.54) is 12.8 Å². The minimum Gasteiger partial charge on any atom is -0.370 e. The Morgan fingerprint density at radius 2 is 1.86 bits per heavy atom. The number of carbonyl (C=O) groups excluding carboxylic acids is 1. The van der Waals surface area contributed by atoms with Crippen molar-refractivity contribution in [3.05, 3.63) is 59.9 Å². The summed E-state index contributed by atoms with van der Waals surface area (Å²) in [7, 11) is 0. The number of hydrogen-bond donors (Lipinski definition) is 1. The minimum absolute atomic E-state index is 0.133. The summed E-state index contributed by atoms with van der Waals surface area (Å²) in [5.74, 6) is -0.133. The van der Waals surface area contributed by atoms with Crippen LogP contribution in [0.2, 0.25) is 0 Å². The van der Waals surface area contributed by atoms with E-state index in [2.05, 4.69) is 15.2 Å². The Hall–Kier alpha value is -2.36. The van der Waals surface area contributed by atoms with Gasteiger partial charge >= 0.3 is 0 Å². The predicted octanol–water partition coefficient (Wildman–Crippen LogP) is 2.61. The monoisotopic (exact) mass is 281 g/mol. The van der Waals surface area contributed by atoms with E-state index < -0.39 is 0 Å². The SMILES string of the molecule is O=C(NCc1ccccc1)c1ccc(N2CCCC2)cn1. The number of anilines is 1. The molecule has 108 valence electrons. The van der Waals surface area contributed by atoms with Gasteiger partial charge in [0.25, 0.3) is 5.91 Å². The van der Waals surface area contributed by atoms with Crippen molar-refractivity contribution < 1.29 is 4.79 Å². The van der Waals surface area contributed by atoms with Gasteiger partial charge in [-0.25, -0.2) is 4.98 Å². The van der Waals surface area contributed by atoms with Gasteiger partial charge in [0.15, 0.2) is 0 Å². The molecule has 4 heteroatoms. The molecule has 1 aliphatic rings. The van der Waals surface area contributed by atoms with E-state index in [1.807, 2.05) is 36.4 Å². The van der Waals surface area contributed by atoms with Crippen LogP contribution >= 0.6 is 0 Å². The third-order valence-electron chi connectivity index (χ3n) is 3.75. The highest BCUT2D eigenvalue weighted by Gasteiger charge is 2.13. The van der Waals surface area contributed by atoms with Gasteiger partial charge in [0, 0.05) is 19.6 Å². The quantitative estimate of drug-likeness (QED) is 0.937. The van der Waals surface area contributed by atoms with Gasteiger partial charge in [-0.1, -0.05) is 30.3 Å². The molecule has 2 aromatic rings. The highest BCUT2D eigenvalue weighted by molar-refractivity contribution is 5.92. The Bertz CT molecular complexity index is 589. The molecule has 4 nitrogen and oxygen atoms in total. The summed E-state index contributed by atoms with van der Waals surface area (Å²) >= 11 is 0. The van der Waals surface area contributed by atoms with E-state index in [0.29, 0.717) is 12.2 Å². The van der Waals surface area contributed by atoms with Gasteiger partial charge in [0.2, 0.25) is 0 Å². The molecule has 1 fully saturated rings. The van der Waals surface area contributed by atoms with Gasteiger partial charge in [0.05, 0.1) is 11.9 Å². The highest BCUT2D eigenvalue weighted by Crippen LogP contribution is 2.18. The van der Waals surface area contributed by atoms with Crippen LogP contribution in [-0.4, -0.2) is 24.0 Å². The number of rotatable bonds is 4. The average molecular weight is 281 g/mol. The third kappa shape index (κ3) is 3.40. The van der Waals surface area contributed by atoms with Crippen LogP contribution in [0, 0.1) is 0 Å². The van der Waals surface area contributed by atoms with Crippen molar-refractivity contribution >= 4 is 11.6 Å². The molecule has 1 aromatic heterocycles. The minimum atomic E-state index is -0.133. The Morgan fingerprint density at radius 3 is 2.52 bits per heavy atom. The molecular formula is C17H19N3O. The normalized spacial score (nSPS) is 14.2. The zero-order valence-corrected chi connectivity index (χ0v) is 12.0. The fourth-order valence-corrected chi connectivity index (χ4v) is 2.55. The molecule has 0 unspecified atom stereocenters. The average Bonchev–Trinajstić information content (AvgIpc) is 3.08. The molecule has 0 atom stereocenters. The summed E-state index contributed by atoms with van der Waals surface area (Å²) < 4.78 is 0. The van der Waals surface area contributed by atoms with Crippen molar-refractivity contribution in [2.75, 3.05) is 18.0 Å². The van der Waals surface area contributed by atoms with Crippen LogP contribution in [0.4, 0.5) is 5.69 Å². The Balaban J connectivity index is 1.59. The van der Waals surface area contributed by atoms with E-state index in [1.54, 1.807) is 12.3 Å². The lowest BCUT2D eigenvalue weighted by Gasteiger charge is -2.16. The van der Waals surface area contributed by atoms with Crippen LogP contribution < -0.4 is 10.2 Å². The number of nitrogens with one attached hydrogen (secondary N) is 1. The van der Waals surface area contributed by atoms with Crippen molar-refractivity contribution in [2.45, 2.75) is 19.4 Å². The van der Waals surface area contributed by atoms with Gasteiger partial charge in [-0.15, -0.1) is 0 Å². The van der Waals surface area contributed by atoms with Crippen molar-refractivity contribution in [1.29, 1.82) is 0 Å². The van der Waals surface area contributed by atoms with Crippen LogP contribution in [0.25, 0.3) is 0 Å². The maximum Gasteiger partial charge on any atom is 0.270 e. The van der Waals surface area contributed by atoms with Gasteiger partial charge < -0.3 is 10.2 Å².